The van der Waals surface area contributed by atoms with Crippen LogP contribution in [0.3, 0.4) is 0 Å². The quantitative estimate of drug-likeness (QED) is 0.0164. The highest BCUT2D eigenvalue weighted by Gasteiger charge is 2.26. The number of esters is 1. The molecular formula is C46H89NO7P+. The molecule has 55 heavy (non-hydrogen) atoms. The summed E-state index contributed by atoms with van der Waals surface area (Å²) in [5, 5.41) is 0. The normalized spacial score (nSPS) is 14.0. The van der Waals surface area contributed by atoms with Crippen LogP contribution in [0.15, 0.2) is 36.6 Å². The first-order valence-electron chi connectivity index (χ1n) is 22.8. The molecule has 0 aromatic carbocycles. The van der Waals surface area contributed by atoms with Gasteiger partial charge in [0.25, 0.3) is 0 Å². The van der Waals surface area contributed by atoms with Gasteiger partial charge in [-0.3, -0.25) is 13.8 Å². The van der Waals surface area contributed by atoms with Crippen LogP contribution < -0.4 is 0 Å². The van der Waals surface area contributed by atoms with Crippen molar-refractivity contribution in [3.8, 4) is 0 Å². The van der Waals surface area contributed by atoms with Gasteiger partial charge in [0.15, 0.2) is 6.10 Å². The fraction of sp³-hybridized carbons (Fsp3) is 0.848. The van der Waals surface area contributed by atoms with Crippen molar-refractivity contribution >= 4 is 13.8 Å². The molecule has 0 heterocycles. The van der Waals surface area contributed by atoms with Crippen LogP contribution in [0, 0.1) is 0 Å². The second-order valence-electron chi connectivity index (χ2n) is 16.5. The van der Waals surface area contributed by atoms with Crippen LogP contribution in [0.4, 0.5) is 0 Å². The van der Waals surface area contributed by atoms with Crippen LogP contribution in [-0.2, 0) is 27.9 Å². The van der Waals surface area contributed by atoms with E-state index in [0.717, 1.165) is 32.1 Å². The zero-order valence-electron chi connectivity index (χ0n) is 36.7. The van der Waals surface area contributed by atoms with Crippen molar-refractivity contribution in [2.45, 2.75) is 206 Å². The van der Waals surface area contributed by atoms with E-state index in [0.29, 0.717) is 17.4 Å². The van der Waals surface area contributed by atoms with E-state index >= 15 is 0 Å². The molecule has 9 heteroatoms. The number of hydrogen-bond acceptors (Lipinski definition) is 6. The van der Waals surface area contributed by atoms with Crippen LogP contribution >= 0.6 is 7.82 Å². The average molecular weight is 799 g/mol. The summed E-state index contributed by atoms with van der Waals surface area (Å²) in [6.07, 6.45) is 47.1. The molecule has 0 aliphatic rings. The first-order valence-corrected chi connectivity index (χ1v) is 24.3. The third kappa shape index (κ3) is 43.5. The fourth-order valence-corrected chi connectivity index (χ4v) is 6.95. The SMILES string of the molecule is CCCCCCCCCCC/C=C/C/C=C/CCCC(=O)O[C@H](CO/C=C/CCCCCCCCCCCCCCCC)COP(=O)(O)OCC[N+](C)(C)C. The molecule has 0 aliphatic heterocycles. The van der Waals surface area contributed by atoms with Crippen molar-refractivity contribution in [2.75, 3.05) is 47.5 Å². The van der Waals surface area contributed by atoms with E-state index in [4.69, 9.17) is 18.5 Å². The number of unbranched alkanes of at least 4 members (excludes halogenated alkanes) is 24. The summed E-state index contributed by atoms with van der Waals surface area (Å²) in [5.41, 5.74) is 0. The van der Waals surface area contributed by atoms with Crippen LogP contribution in [0.2, 0.25) is 0 Å². The number of allylic oxidation sites excluding steroid dienone is 5. The number of phosphoric ester groups is 1. The van der Waals surface area contributed by atoms with Crippen molar-refractivity contribution < 1.29 is 37.3 Å². The van der Waals surface area contributed by atoms with Crippen LogP contribution in [0.5, 0.6) is 0 Å². The number of rotatable bonds is 42. The van der Waals surface area contributed by atoms with Crippen LogP contribution in [0.25, 0.3) is 0 Å². The maximum Gasteiger partial charge on any atom is 0.472 e. The number of ether oxygens (including phenoxy) is 2. The van der Waals surface area contributed by atoms with Gasteiger partial charge < -0.3 is 18.9 Å². The van der Waals surface area contributed by atoms with E-state index in [-0.39, 0.29) is 32.2 Å². The Bertz CT molecular complexity index is 978. The zero-order chi connectivity index (χ0) is 40.6. The Hall–Kier alpha value is -1.44. The number of carbonyl (C=O) groups excluding carboxylic acids is 1. The first-order chi connectivity index (χ1) is 26.6. The molecule has 2 atom stereocenters. The molecule has 0 saturated heterocycles. The Morgan fingerprint density at radius 3 is 1.49 bits per heavy atom. The minimum atomic E-state index is -4.30. The van der Waals surface area contributed by atoms with E-state index in [1.165, 1.54) is 141 Å². The summed E-state index contributed by atoms with van der Waals surface area (Å²) in [5.74, 6) is -0.378. The monoisotopic (exact) mass is 799 g/mol. The smallest absolute Gasteiger partial charge is 0.472 e. The predicted octanol–water partition coefficient (Wildman–Crippen LogP) is 13.7. The van der Waals surface area contributed by atoms with Gasteiger partial charge in [0.1, 0.15) is 19.8 Å². The Kier molecular flexibility index (Phi) is 38.4. The van der Waals surface area contributed by atoms with E-state index in [1.807, 2.05) is 27.2 Å². The summed E-state index contributed by atoms with van der Waals surface area (Å²) in [4.78, 5) is 22.8. The lowest BCUT2D eigenvalue weighted by atomic mass is 10.0. The summed E-state index contributed by atoms with van der Waals surface area (Å²) in [6, 6.07) is 0. The van der Waals surface area contributed by atoms with Gasteiger partial charge in [0.05, 0.1) is 34.0 Å². The van der Waals surface area contributed by atoms with Crippen molar-refractivity contribution in [2.24, 2.45) is 0 Å². The van der Waals surface area contributed by atoms with E-state index in [9.17, 15) is 14.3 Å². The van der Waals surface area contributed by atoms with Gasteiger partial charge in [-0.25, -0.2) is 4.57 Å². The van der Waals surface area contributed by atoms with E-state index < -0.39 is 13.9 Å². The van der Waals surface area contributed by atoms with E-state index in [2.05, 4.69) is 38.2 Å². The van der Waals surface area contributed by atoms with Crippen LogP contribution in [-0.4, -0.2) is 69.0 Å². The van der Waals surface area contributed by atoms with E-state index in [1.54, 1.807) is 6.26 Å². The Morgan fingerprint density at radius 1 is 0.582 bits per heavy atom. The lowest BCUT2D eigenvalue weighted by Gasteiger charge is -2.24. The molecule has 0 saturated carbocycles. The molecule has 0 aromatic rings. The zero-order valence-corrected chi connectivity index (χ0v) is 37.6. The molecule has 1 unspecified atom stereocenters. The lowest BCUT2D eigenvalue weighted by molar-refractivity contribution is -0.870. The standard InChI is InChI=1S/C46H88NO7P/c1-6-8-10-12-14-16-18-20-22-24-25-27-29-31-33-35-37-39-46(48)54-45(44-53-55(49,50)52-42-40-47(3,4)5)43-51-41-38-36-34-32-30-28-26-23-21-19-17-15-13-11-9-7-2/h25,27,31,33,38,41,45H,6-24,26,28-30,32,34-37,39-40,42-44H2,1-5H3/p+1/b27-25+,33-31+,41-38+/t45-/m1/s1. The largest absolute Gasteiger partial charge is 0.498 e. The molecule has 8 nitrogen and oxygen atoms in total. The summed E-state index contributed by atoms with van der Waals surface area (Å²) in [6.45, 7) is 4.90. The van der Waals surface area contributed by atoms with Gasteiger partial charge in [-0.1, -0.05) is 173 Å². The van der Waals surface area contributed by atoms with Gasteiger partial charge in [-0.05, 0) is 51.0 Å². The molecule has 324 valence electrons. The molecule has 1 N–H and O–H groups in total. The van der Waals surface area contributed by atoms with Crippen molar-refractivity contribution in [1.82, 2.24) is 0 Å². The number of phosphoric acid groups is 1. The average Bonchev–Trinajstić information content (AvgIpc) is 3.13. The van der Waals surface area contributed by atoms with Gasteiger partial charge in [0, 0.05) is 6.42 Å². The van der Waals surface area contributed by atoms with Crippen molar-refractivity contribution in [1.29, 1.82) is 0 Å². The number of quaternary nitrogens is 1. The molecule has 0 amide bonds. The molecule has 0 rings (SSSR count). The molecule has 0 aromatic heterocycles. The fourth-order valence-electron chi connectivity index (χ4n) is 6.21. The van der Waals surface area contributed by atoms with Gasteiger partial charge in [-0.15, -0.1) is 0 Å². The Balaban J connectivity index is 4.33. The summed E-state index contributed by atoms with van der Waals surface area (Å²) < 4.78 is 34.7. The Labute approximate surface area is 340 Å². The molecule has 0 bridgehead atoms. The number of nitrogens with zero attached hydrogens (tertiary/aromatic N) is 1. The molecular weight excluding hydrogens is 709 g/mol. The highest BCUT2D eigenvalue weighted by molar-refractivity contribution is 7.47. The van der Waals surface area contributed by atoms with Gasteiger partial charge in [-0.2, -0.15) is 0 Å². The third-order valence-electron chi connectivity index (χ3n) is 9.77. The maximum absolute atomic E-state index is 12.7. The molecule has 0 radical (unpaired) electrons. The second-order valence-corrected chi connectivity index (χ2v) is 18.0. The Morgan fingerprint density at radius 2 is 1.02 bits per heavy atom. The summed E-state index contributed by atoms with van der Waals surface area (Å²) in [7, 11) is 1.61. The molecule has 0 aliphatic carbocycles. The maximum atomic E-state index is 12.7. The van der Waals surface area contributed by atoms with Crippen LogP contribution in [0.1, 0.15) is 200 Å². The number of carbonyl (C=O) groups is 1. The predicted molar refractivity (Wildman–Crippen MR) is 233 cm³/mol. The molecule has 0 spiro atoms. The minimum Gasteiger partial charge on any atom is -0.498 e. The topological polar surface area (TPSA) is 91.3 Å². The highest BCUT2D eigenvalue weighted by atomic mass is 31.2. The number of hydrogen-bond donors (Lipinski definition) is 1. The molecule has 0 fully saturated rings. The van der Waals surface area contributed by atoms with Crippen molar-refractivity contribution in [3.63, 3.8) is 0 Å². The lowest BCUT2D eigenvalue weighted by Crippen LogP contribution is -2.37. The second kappa shape index (κ2) is 39.4. The van der Waals surface area contributed by atoms with Gasteiger partial charge in [0.2, 0.25) is 0 Å². The summed E-state index contributed by atoms with van der Waals surface area (Å²) >= 11 is 0. The first kappa shape index (κ1) is 53.6. The highest BCUT2D eigenvalue weighted by Crippen LogP contribution is 2.43. The van der Waals surface area contributed by atoms with Gasteiger partial charge >= 0.3 is 13.8 Å². The minimum absolute atomic E-state index is 0.0329. The third-order valence-corrected chi connectivity index (χ3v) is 10.8. The van der Waals surface area contributed by atoms with Crippen molar-refractivity contribution in [3.05, 3.63) is 36.6 Å². The number of likely N-dealkylation sites (N-methyl/N-ethyl adjacent to an activating group) is 1.